The smallest absolute Gasteiger partial charge is 0.164 e. The number of para-hydroxylation sites is 2. The number of hydrogen-bond acceptors (Lipinski definition) is 10. The van der Waals surface area contributed by atoms with E-state index in [1.807, 2.05) is 132 Å². The highest BCUT2D eigenvalue weighted by molar-refractivity contribution is 7.10. The lowest BCUT2D eigenvalue weighted by Gasteiger charge is -2.18. The average Bonchev–Trinajstić information content (AvgIpc) is 4.02. The molecule has 0 radical (unpaired) electrons. The van der Waals surface area contributed by atoms with Gasteiger partial charge in [-0.25, -0.2) is 10.9 Å². The standard InChI is InChI=1S/C48H54N4O4S2/c53-45(35-43(47-21-15-33-57-47)51-49-39-17-9-7-10-18-39)37-23-27-41(28-24-37)55-31-13-5-3-1-2-4-6-14-32-56-42-29-25-38(26-30-42)46(54)36-44(48-22-16-34-58-48)52-50-40-19-11-8-12-20-40/h7-12,15-30,33-34,43-44,49-52H,1-6,13-14,31-32,35-36H2. The molecular formula is C48H54N4O4S2. The first-order valence-electron chi connectivity index (χ1n) is 20.3. The van der Waals surface area contributed by atoms with Crippen molar-refractivity contribution in [3.05, 3.63) is 165 Å². The first-order chi connectivity index (χ1) is 28.6. The van der Waals surface area contributed by atoms with Gasteiger partial charge in [0.25, 0.3) is 0 Å². The van der Waals surface area contributed by atoms with E-state index < -0.39 is 0 Å². The third-order valence-electron chi connectivity index (χ3n) is 9.81. The third-order valence-corrected chi connectivity index (χ3v) is 11.8. The van der Waals surface area contributed by atoms with E-state index in [-0.39, 0.29) is 23.7 Å². The van der Waals surface area contributed by atoms with Crippen molar-refractivity contribution < 1.29 is 19.1 Å². The Balaban J connectivity index is 0.786. The SMILES string of the molecule is O=C(CC(NNc1ccccc1)c1cccs1)c1ccc(OCCCCCCCCCCOc2ccc(C(=O)CC(NNc3ccccc3)c3cccs3)cc2)cc1. The van der Waals surface area contributed by atoms with Crippen molar-refractivity contribution in [3.8, 4) is 11.5 Å². The Bertz CT molecular complexity index is 1880. The van der Waals surface area contributed by atoms with Crippen LogP contribution >= 0.6 is 22.7 Å². The van der Waals surface area contributed by atoms with Crippen molar-refractivity contribution in [3.63, 3.8) is 0 Å². The summed E-state index contributed by atoms with van der Waals surface area (Å²) in [7, 11) is 0. The molecule has 2 atom stereocenters. The van der Waals surface area contributed by atoms with Gasteiger partial charge >= 0.3 is 0 Å². The van der Waals surface area contributed by atoms with E-state index in [0.717, 1.165) is 58.3 Å². The minimum Gasteiger partial charge on any atom is -0.494 e. The van der Waals surface area contributed by atoms with Crippen molar-refractivity contribution in [2.75, 3.05) is 24.1 Å². The van der Waals surface area contributed by atoms with Gasteiger partial charge in [0.15, 0.2) is 11.6 Å². The normalized spacial score (nSPS) is 12.1. The first kappa shape index (κ1) is 42.3. The number of rotatable bonds is 27. The van der Waals surface area contributed by atoms with Crippen LogP contribution in [0.15, 0.2) is 144 Å². The van der Waals surface area contributed by atoms with Gasteiger partial charge in [0.1, 0.15) is 11.5 Å². The molecule has 6 rings (SSSR count). The number of carbonyl (C=O) groups excluding carboxylic acids is 2. The molecule has 0 fully saturated rings. The molecule has 302 valence electrons. The summed E-state index contributed by atoms with van der Waals surface area (Å²) < 4.78 is 12.0. The van der Waals surface area contributed by atoms with Crippen LogP contribution < -0.4 is 31.2 Å². The summed E-state index contributed by atoms with van der Waals surface area (Å²) in [5.41, 5.74) is 16.4. The predicted octanol–water partition coefficient (Wildman–Crippen LogP) is 12.2. The molecule has 0 bridgehead atoms. The summed E-state index contributed by atoms with van der Waals surface area (Å²) in [5.74, 6) is 1.76. The number of carbonyl (C=O) groups is 2. The number of ether oxygens (including phenoxy) is 2. The zero-order valence-corrected chi connectivity index (χ0v) is 34.6. The first-order valence-corrected chi connectivity index (χ1v) is 22.1. The minimum absolute atomic E-state index is 0.0835. The molecule has 0 aliphatic heterocycles. The second-order valence-corrected chi connectivity index (χ2v) is 16.2. The zero-order valence-electron chi connectivity index (χ0n) is 32.9. The Morgan fingerprint density at radius 2 is 0.828 bits per heavy atom. The monoisotopic (exact) mass is 814 g/mol. The number of thiophene rings is 2. The van der Waals surface area contributed by atoms with Gasteiger partial charge in [-0.05, 0) is 109 Å². The molecule has 4 aromatic carbocycles. The molecule has 2 unspecified atom stereocenters. The number of hydrazine groups is 2. The lowest BCUT2D eigenvalue weighted by Crippen LogP contribution is -2.28. The maximum atomic E-state index is 13.2. The molecule has 10 heteroatoms. The fraction of sp³-hybridized carbons (Fsp3) is 0.292. The zero-order chi connectivity index (χ0) is 40.0. The van der Waals surface area contributed by atoms with E-state index in [0.29, 0.717) is 37.2 Å². The Morgan fingerprint density at radius 3 is 1.19 bits per heavy atom. The van der Waals surface area contributed by atoms with Crippen LogP contribution in [0, 0.1) is 0 Å². The number of anilines is 2. The van der Waals surface area contributed by atoms with Gasteiger partial charge in [0, 0.05) is 45.1 Å². The second-order valence-electron chi connectivity index (χ2n) is 14.2. The van der Waals surface area contributed by atoms with Gasteiger partial charge in [0.2, 0.25) is 0 Å². The van der Waals surface area contributed by atoms with Crippen LogP contribution in [0.5, 0.6) is 11.5 Å². The molecule has 4 N–H and O–H groups in total. The van der Waals surface area contributed by atoms with Gasteiger partial charge in [0.05, 0.1) is 25.3 Å². The molecule has 0 saturated heterocycles. The summed E-state index contributed by atoms with van der Waals surface area (Å²) >= 11 is 3.28. The van der Waals surface area contributed by atoms with Crippen LogP contribution in [0.4, 0.5) is 11.4 Å². The molecule has 2 aromatic heterocycles. The quantitative estimate of drug-likeness (QED) is 0.0232. The Morgan fingerprint density at radius 1 is 0.448 bits per heavy atom. The summed E-state index contributed by atoms with van der Waals surface area (Å²) in [6.07, 6.45) is 9.84. The number of unbranched alkanes of at least 4 members (excludes halogenated alkanes) is 7. The van der Waals surface area contributed by atoms with E-state index in [1.165, 1.54) is 25.7 Å². The highest BCUT2D eigenvalue weighted by Gasteiger charge is 2.20. The number of hydrogen-bond donors (Lipinski definition) is 4. The number of ketones is 2. The molecule has 0 aliphatic carbocycles. The molecule has 0 spiro atoms. The largest absolute Gasteiger partial charge is 0.494 e. The van der Waals surface area contributed by atoms with Crippen LogP contribution in [0.3, 0.4) is 0 Å². The molecule has 2 heterocycles. The molecular weight excluding hydrogens is 761 g/mol. The average molecular weight is 815 g/mol. The Labute approximate surface area is 351 Å². The second kappa shape index (κ2) is 23.8. The molecule has 0 aliphatic rings. The molecule has 0 amide bonds. The van der Waals surface area contributed by atoms with Crippen molar-refractivity contribution in [1.29, 1.82) is 0 Å². The van der Waals surface area contributed by atoms with Gasteiger partial charge < -0.3 is 20.3 Å². The molecule has 58 heavy (non-hydrogen) atoms. The molecule has 6 aromatic rings. The molecule has 8 nitrogen and oxygen atoms in total. The van der Waals surface area contributed by atoms with Gasteiger partial charge in [-0.15, -0.1) is 22.7 Å². The van der Waals surface area contributed by atoms with Crippen LogP contribution in [-0.4, -0.2) is 24.8 Å². The van der Waals surface area contributed by atoms with Crippen LogP contribution in [0.1, 0.15) is 107 Å². The Hall–Kier alpha value is -5.26. The lowest BCUT2D eigenvalue weighted by molar-refractivity contribution is 0.0962. The third kappa shape index (κ3) is 14.3. The van der Waals surface area contributed by atoms with E-state index in [9.17, 15) is 9.59 Å². The Kier molecular flexibility index (Phi) is 17.4. The summed E-state index contributed by atoms with van der Waals surface area (Å²) in [4.78, 5) is 28.6. The van der Waals surface area contributed by atoms with Crippen molar-refractivity contribution in [2.24, 2.45) is 0 Å². The van der Waals surface area contributed by atoms with Gasteiger partial charge in [-0.2, -0.15) is 0 Å². The van der Waals surface area contributed by atoms with Crippen LogP contribution in [0.2, 0.25) is 0 Å². The predicted molar refractivity (Wildman–Crippen MR) is 239 cm³/mol. The van der Waals surface area contributed by atoms with Crippen LogP contribution in [0.25, 0.3) is 0 Å². The van der Waals surface area contributed by atoms with Crippen molar-refractivity contribution in [1.82, 2.24) is 10.9 Å². The van der Waals surface area contributed by atoms with Gasteiger partial charge in [-0.3, -0.25) is 9.59 Å². The summed E-state index contributed by atoms with van der Waals surface area (Å²) in [6, 6.07) is 42.7. The van der Waals surface area contributed by atoms with E-state index in [4.69, 9.17) is 9.47 Å². The fourth-order valence-corrected chi connectivity index (χ4v) is 8.09. The van der Waals surface area contributed by atoms with E-state index in [2.05, 4.69) is 33.8 Å². The van der Waals surface area contributed by atoms with E-state index in [1.54, 1.807) is 22.7 Å². The topological polar surface area (TPSA) is 101 Å². The summed E-state index contributed by atoms with van der Waals surface area (Å²) in [5, 5.41) is 4.06. The number of benzene rings is 4. The fourth-order valence-electron chi connectivity index (χ4n) is 6.53. The van der Waals surface area contributed by atoms with E-state index >= 15 is 0 Å². The van der Waals surface area contributed by atoms with Crippen LogP contribution in [-0.2, 0) is 0 Å². The lowest BCUT2D eigenvalue weighted by atomic mass is 10.0. The highest BCUT2D eigenvalue weighted by Crippen LogP contribution is 2.27. The maximum Gasteiger partial charge on any atom is 0.164 e. The van der Waals surface area contributed by atoms with Gasteiger partial charge in [-0.1, -0.05) is 87.1 Å². The van der Waals surface area contributed by atoms with Crippen molar-refractivity contribution in [2.45, 2.75) is 76.3 Å². The number of Topliss-reactive ketones (excluding diaryl/α,β-unsaturated/α-hetero) is 2. The summed E-state index contributed by atoms with van der Waals surface area (Å²) in [6.45, 7) is 1.35. The highest BCUT2D eigenvalue weighted by atomic mass is 32.1. The van der Waals surface area contributed by atoms with Crippen molar-refractivity contribution >= 4 is 45.6 Å². The maximum absolute atomic E-state index is 13.2. The minimum atomic E-state index is -0.138. The molecule has 0 saturated carbocycles. The number of nitrogens with one attached hydrogen (secondary N) is 4.